The van der Waals surface area contributed by atoms with Gasteiger partial charge in [-0.15, -0.1) is 0 Å². The number of carbonyl (C=O) groups is 2. The van der Waals surface area contributed by atoms with Gasteiger partial charge < -0.3 is 10.0 Å². The van der Waals surface area contributed by atoms with Crippen LogP contribution in [0.25, 0.3) is 5.76 Å². The molecule has 1 saturated heterocycles. The molecule has 0 radical (unpaired) electrons. The van der Waals surface area contributed by atoms with E-state index < -0.39 is 22.7 Å². The Balaban J connectivity index is 1.85. The number of hydrogen-bond donors (Lipinski definition) is 1. The molecule has 0 bridgehead atoms. The average Bonchev–Trinajstić information content (AvgIpc) is 3.05. The first-order valence-corrected chi connectivity index (χ1v) is 9.92. The number of aromatic nitrogens is 1. The van der Waals surface area contributed by atoms with E-state index in [1.54, 1.807) is 48.8 Å². The maximum atomic E-state index is 13.0. The second-order valence-electron chi connectivity index (χ2n) is 7.14. The number of carbonyl (C=O) groups excluding carboxylic acids is 2. The summed E-state index contributed by atoms with van der Waals surface area (Å²) in [6, 6.07) is 14.3. The lowest BCUT2D eigenvalue weighted by Crippen LogP contribution is -2.29. The van der Waals surface area contributed by atoms with Crippen LogP contribution >= 0.6 is 11.6 Å². The molecule has 0 saturated carbocycles. The molecular formula is C23H16ClN3O5. The summed E-state index contributed by atoms with van der Waals surface area (Å²) in [4.78, 5) is 41.8. The van der Waals surface area contributed by atoms with Crippen LogP contribution in [-0.2, 0) is 16.1 Å². The van der Waals surface area contributed by atoms with Gasteiger partial charge in [0, 0.05) is 41.7 Å². The highest BCUT2D eigenvalue weighted by Gasteiger charge is 2.46. The van der Waals surface area contributed by atoms with Crippen LogP contribution in [0.2, 0.25) is 5.02 Å². The molecule has 1 aliphatic rings. The third-order valence-electron chi connectivity index (χ3n) is 5.15. The Bertz CT molecular complexity index is 1220. The number of ketones is 1. The first-order chi connectivity index (χ1) is 15.4. The SMILES string of the molecule is O=C1C(=O)N(Cc2cccnc2)[C@@H](c2ccc([N+](=O)[O-])cc2)/C1=C(\O)c1ccc(Cl)cc1. The van der Waals surface area contributed by atoms with E-state index in [0.717, 1.165) is 0 Å². The number of nitrogens with zero attached hydrogens (tertiary/aromatic N) is 3. The van der Waals surface area contributed by atoms with Gasteiger partial charge in [0.2, 0.25) is 0 Å². The third kappa shape index (κ3) is 3.95. The van der Waals surface area contributed by atoms with E-state index in [2.05, 4.69) is 4.98 Å². The topological polar surface area (TPSA) is 114 Å². The summed E-state index contributed by atoms with van der Waals surface area (Å²) in [6.07, 6.45) is 3.16. The molecule has 0 aliphatic carbocycles. The van der Waals surface area contributed by atoms with E-state index in [1.165, 1.54) is 29.2 Å². The van der Waals surface area contributed by atoms with Gasteiger partial charge in [-0.2, -0.15) is 0 Å². The van der Waals surface area contributed by atoms with Crippen LogP contribution in [0, 0.1) is 10.1 Å². The maximum Gasteiger partial charge on any atom is 0.295 e. The molecule has 4 rings (SSSR count). The second-order valence-corrected chi connectivity index (χ2v) is 7.58. The minimum atomic E-state index is -0.938. The number of Topliss-reactive ketones (excluding diaryl/α,β-unsaturated/α-hetero) is 1. The second kappa shape index (κ2) is 8.60. The Morgan fingerprint density at radius 3 is 2.38 bits per heavy atom. The highest BCUT2D eigenvalue weighted by atomic mass is 35.5. The highest BCUT2D eigenvalue weighted by molar-refractivity contribution is 6.46. The summed E-state index contributed by atoms with van der Waals surface area (Å²) in [7, 11) is 0. The summed E-state index contributed by atoms with van der Waals surface area (Å²) >= 11 is 5.92. The van der Waals surface area contributed by atoms with Crippen LogP contribution < -0.4 is 0 Å². The van der Waals surface area contributed by atoms with E-state index in [4.69, 9.17) is 11.6 Å². The lowest BCUT2D eigenvalue weighted by atomic mass is 9.95. The fraction of sp³-hybridized carbons (Fsp3) is 0.0870. The van der Waals surface area contributed by atoms with Crippen molar-refractivity contribution in [2.75, 3.05) is 0 Å². The van der Waals surface area contributed by atoms with Crippen molar-refractivity contribution in [3.63, 3.8) is 0 Å². The van der Waals surface area contributed by atoms with Crippen molar-refractivity contribution >= 4 is 34.7 Å². The van der Waals surface area contributed by atoms with Gasteiger partial charge in [-0.05, 0) is 53.6 Å². The van der Waals surface area contributed by atoms with Crippen molar-refractivity contribution in [1.29, 1.82) is 0 Å². The zero-order valence-electron chi connectivity index (χ0n) is 16.5. The molecular weight excluding hydrogens is 434 g/mol. The zero-order valence-corrected chi connectivity index (χ0v) is 17.3. The largest absolute Gasteiger partial charge is 0.507 e. The third-order valence-corrected chi connectivity index (χ3v) is 5.40. The molecule has 1 N–H and O–H groups in total. The van der Waals surface area contributed by atoms with Crippen LogP contribution in [-0.4, -0.2) is 31.6 Å². The average molecular weight is 450 g/mol. The van der Waals surface area contributed by atoms with Crippen LogP contribution in [0.3, 0.4) is 0 Å². The van der Waals surface area contributed by atoms with Gasteiger partial charge in [0.25, 0.3) is 17.4 Å². The van der Waals surface area contributed by atoms with Crippen molar-refractivity contribution in [2.24, 2.45) is 0 Å². The summed E-state index contributed by atoms with van der Waals surface area (Å²) < 4.78 is 0. The molecule has 1 atom stereocenters. The molecule has 0 unspecified atom stereocenters. The first-order valence-electron chi connectivity index (χ1n) is 9.54. The van der Waals surface area contributed by atoms with Gasteiger partial charge in [0.05, 0.1) is 16.5 Å². The highest BCUT2D eigenvalue weighted by Crippen LogP contribution is 2.40. The molecule has 0 spiro atoms. The smallest absolute Gasteiger partial charge is 0.295 e. The number of pyridine rings is 1. The van der Waals surface area contributed by atoms with E-state index >= 15 is 0 Å². The molecule has 9 heteroatoms. The maximum absolute atomic E-state index is 13.0. The van der Waals surface area contributed by atoms with Gasteiger partial charge in [-0.3, -0.25) is 24.7 Å². The van der Waals surface area contributed by atoms with E-state index in [-0.39, 0.29) is 23.6 Å². The molecule has 2 heterocycles. The monoisotopic (exact) mass is 449 g/mol. The quantitative estimate of drug-likeness (QED) is 0.204. The minimum absolute atomic E-state index is 0.0669. The van der Waals surface area contributed by atoms with Crippen molar-refractivity contribution < 1.29 is 19.6 Å². The van der Waals surface area contributed by atoms with Gasteiger partial charge >= 0.3 is 0 Å². The lowest BCUT2D eigenvalue weighted by molar-refractivity contribution is -0.384. The number of amides is 1. The van der Waals surface area contributed by atoms with E-state index in [0.29, 0.717) is 21.7 Å². The number of nitro groups is 1. The number of hydrogen-bond acceptors (Lipinski definition) is 6. The van der Waals surface area contributed by atoms with Gasteiger partial charge in [0.15, 0.2) is 0 Å². The van der Waals surface area contributed by atoms with E-state index in [1.807, 2.05) is 0 Å². The number of halogens is 1. The molecule has 1 aliphatic heterocycles. The van der Waals surface area contributed by atoms with Gasteiger partial charge in [-0.1, -0.05) is 17.7 Å². The van der Waals surface area contributed by atoms with Crippen molar-refractivity contribution in [3.05, 3.63) is 110 Å². The van der Waals surface area contributed by atoms with Crippen molar-refractivity contribution in [3.8, 4) is 0 Å². The summed E-state index contributed by atoms with van der Waals surface area (Å²) in [5, 5.41) is 22.5. The van der Waals surface area contributed by atoms with E-state index in [9.17, 15) is 24.8 Å². The molecule has 1 aromatic heterocycles. The minimum Gasteiger partial charge on any atom is -0.507 e. The Morgan fingerprint density at radius 2 is 1.78 bits per heavy atom. The molecule has 3 aromatic rings. The molecule has 8 nitrogen and oxygen atoms in total. The predicted octanol–water partition coefficient (Wildman–Crippen LogP) is 4.27. The number of likely N-dealkylation sites (tertiary alicyclic amines) is 1. The standard InChI is InChI=1S/C23H16ClN3O5/c24-17-7-3-16(4-8-17)21(28)19-20(15-5-9-18(10-6-15)27(31)32)26(23(30)22(19)29)13-14-2-1-11-25-12-14/h1-12,20,28H,13H2/b21-19+/t20-/m0/s1. The fourth-order valence-electron chi connectivity index (χ4n) is 3.62. The Labute approximate surface area is 187 Å². The normalized spacial score (nSPS) is 17.5. The summed E-state index contributed by atoms with van der Waals surface area (Å²) in [6.45, 7) is 0.0669. The van der Waals surface area contributed by atoms with Crippen molar-refractivity contribution in [1.82, 2.24) is 9.88 Å². The Hall–Kier alpha value is -4.04. The first kappa shape index (κ1) is 21.2. The fourth-order valence-corrected chi connectivity index (χ4v) is 3.75. The number of aliphatic hydroxyl groups excluding tert-OH is 1. The van der Waals surface area contributed by atoms with Crippen LogP contribution in [0.5, 0.6) is 0 Å². The summed E-state index contributed by atoms with van der Waals surface area (Å²) in [5.41, 5.74) is 1.23. The molecule has 1 fully saturated rings. The number of non-ortho nitro benzene ring substituents is 1. The number of rotatable bonds is 5. The summed E-state index contributed by atoms with van der Waals surface area (Å²) in [5.74, 6) is -1.98. The number of nitro benzene ring substituents is 1. The Kier molecular flexibility index (Phi) is 5.70. The number of benzene rings is 2. The van der Waals surface area contributed by atoms with Crippen LogP contribution in [0.15, 0.2) is 78.6 Å². The zero-order chi connectivity index (χ0) is 22.8. The van der Waals surface area contributed by atoms with Crippen LogP contribution in [0.1, 0.15) is 22.7 Å². The molecule has 160 valence electrons. The van der Waals surface area contributed by atoms with Gasteiger partial charge in [-0.25, -0.2) is 0 Å². The lowest BCUT2D eigenvalue weighted by Gasteiger charge is -2.25. The molecule has 2 aromatic carbocycles. The predicted molar refractivity (Wildman–Crippen MR) is 117 cm³/mol. The molecule has 1 amide bonds. The number of aliphatic hydroxyl groups is 1. The molecule has 32 heavy (non-hydrogen) atoms. The van der Waals surface area contributed by atoms with Crippen LogP contribution in [0.4, 0.5) is 5.69 Å². The van der Waals surface area contributed by atoms with Crippen molar-refractivity contribution in [2.45, 2.75) is 12.6 Å². The Morgan fingerprint density at radius 1 is 1.09 bits per heavy atom. The van der Waals surface area contributed by atoms with Gasteiger partial charge in [0.1, 0.15) is 5.76 Å².